The predicted octanol–water partition coefficient (Wildman–Crippen LogP) is 9.67. The Hall–Kier alpha value is -6.53. The maximum atomic E-state index is 5.25. The second-order valence-electron chi connectivity index (χ2n) is 13.7. The van der Waals surface area contributed by atoms with Crippen LogP contribution in [0.25, 0.3) is 60.6 Å². The van der Waals surface area contributed by atoms with E-state index >= 15 is 0 Å². The van der Waals surface area contributed by atoms with E-state index in [1.807, 2.05) is 18.3 Å². The molecule has 0 radical (unpaired) electrons. The molecule has 1 fully saturated rings. The highest BCUT2D eigenvalue weighted by atomic mass is 15.3. The van der Waals surface area contributed by atoms with Crippen molar-refractivity contribution in [1.29, 1.82) is 0 Å². The van der Waals surface area contributed by atoms with Gasteiger partial charge in [-0.2, -0.15) is 4.99 Å². The quantitative estimate of drug-likeness (QED) is 0.205. The number of para-hydroxylation sites is 2. The standard InChI is InChI=1S/C45H32N6/c1-3-11-28(12-4-1)43-47-44(31-21-20-29-25-32(29)26-31)49-45(48-43)51-37-17-8-7-15-35(37)36-23-22-30(27-40(36)51)34-16-9-18-38-41(34)42-39(19-10-24-46-42)50(38)33-13-5-2-6-14-33/h1-24,26-27,29,32,44H,25H2,(H,47,48,49). The highest BCUT2D eigenvalue weighted by molar-refractivity contribution is 6.19. The lowest BCUT2D eigenvalue weighted by atomic mass is 9.99. The van der Waals surface area contributed by atoms with Crippen molar-refractivity contribution < 1.29 is 0 Å². The Bertz CT molecular complexity index is 2820. The molecule has 6 heteroatoms. The number of aromatic nitrogens is 3. The first-order valence-electron chi connectivity index (χ1n) is 17.6. The molecule has 0 amide bonds. The smallest absolute Gasteiger partial charge is 0.211 e. The van der Waals surface area contributed by atoms with Gasteiger partial charge in [0.25, 0.3) is 0 Å². The van der Waals surface area contributed by atoms with Crippen molar-refractivity contribution in [2.75, 3.05) is 0 Å². The normalized spacial score (nSPS) is 19.5. The minimum atomic E-state index is -0.242. The summed E-state index contributed by atoms with van der Waals surface area (Å²) in [7, 11) is 0. The fraction of sp³-hybridized carbons (Fsp3) is 0.0889. The van der Waals surface area contributed by atoms with E-state index in [1.54, 1.807) is 0 Å². The lowest BCUT2D eigenvalue weighted by molar-refractivity contribution is 0.704. The van der Waals surface area contributed by atoms with Gasteiger partial charge >= 0.3 is 0 Å². The Morgan fingerprint density at radius 1 is 0.627 bits per heavy atom. The van der Waals surface area contributed by atoms with Gasteiger partial charge in [0.2, 0.25) is 5.96 Å². The molecule has 11 rings (SSSR count). The first-order valence-corrected chi connectivity index (χ1v) is 17.6. The third-order valence-electron chi connectivity index (χ3n) is 10.7. The highest BCUT2D eigenvalue weighted by Crippen LogP contribution is 2.45. The average molecular weight is 657 g/mol. The van der Waals surface area contributed by atoms with Crippen LogP contribution in [-0.2, 0) is 0 Å². The number of nitrogens with zero attached hydrogens (tertiary/aromatic N) is 5. The topological polar surface area (TPSA) is 59.5 Å². The Kier molecular flexibility index (Phi) is 6.10. The zero-order valence-corrected chi connectivity index (χ0v) is 27.7. The maximum Gasteiger partial charge on any atom is 0.211 e. The number of aliphatic imine (C=N–C) groups is 2. The second-order valence-corrected chi connectivity index (χ2v) is 13.7. The Labute approximate surface area is 294 Å². The van der Waals surface area contributed by atoms with Gasteiger partial charge in [-0.15, -0.1) is 0 Å². The van der Waals surface area contributed by atoms with Crippen LogP contribution < -0.4 is 5.32 Å². The van der Waals surface area contributed by atoms with E-state index in [4.69, 9.17) is 15.0 Å². The van der Waals surface area contributed by atoms with Gasteiger partial charge in [0.1, 0.15) is 6.17 Å². The van der Waals surface area contributed by atoms with Gasteiger partial charge in [0.05, 0.1) is 27.6 Å². The maximum absolute atomic E-state index is 5.25. The fourth-order valence-electron chi connectivity index (χ4n) is 8.14. The highest BCUT2D eigenvalue weighted by Gasteiger charge is 2.37. The van der Waals surface area contributed by atoms with E-state index in [0.29, 0.717) is 11.8 Å². The molecule has 3 unspecified atom stereocenters. The Balaban J connectivity index is 1.14. The van der Waals surface area contributed by atoms with Crippen molar-refractivity contribution >= 4 is 55.5 Å². The molecule has 4 heterocycles. The van der Waals surface area contributed by atoms with Crippen LogP contribution in [0.15, 0.2) is 173 Å². The first kappa shape index (κ1) is 28.3. The number of amidine groups is 1. The van der Waals surface area contributed by atoms with Crippen LogP contribution in [0.4, 0.5) is 0 Å². The SMILES string of the molecule is C1=CC2CC2C=C1C1N=C(c2ccccc2)N=C(n2c3ccccc3c3ccc(-c4cccc5c4c4ncccc4n5-c4ccccc4)cc32)N1. The number of benzene rings is 5. The van der Waals surface area contributed by atoms with Crippen molar-refractivity contribution in [1.82, 2.24) is 19.4 Å². The number of fused-ring (bicyclic) bond motifs is 7. The molecule has 1 saturated carbocycles. The summed E-state index contributed by atoms with van der Waals surface area (Å²) in [5, 5.41) is 7.27. The van der Waals surface area contributed by atoms with Crippen LogP contribution >= 0.6 is 0 Å². The number of hydrogen-bond donors (Lipinski definition) is 1. The lowest BCUT2D eigenvalue weighted by Crippen LogP contribution is -2.43. The molecule has 5 aromatic carbocycles. The summed E-state index contributed by atoms with van der Waals surface area (Å²) in [4.78, 5) is 15.4. The van der Waals surface area contributed by atoms with E-state index in [9.17, 15) is 0 Å². The summed E-state index contributed by atoms with van der Waals surface area (Å²) >= 11 is 0. The zero-order chi connectivity index (χ0) is 33.5. The van der Waals surface area contributed by atoms with Gasteiger partial charge in [0.15, 0.2) is 5.84 Å². The van der Waals surface area contributed by atoms with Crippen LogP contribution in [0, 0.1) is 11.8 Å². The number of pyridine rings is 1. The molecule has 3 aliphatic rings. The van der Waals surface area contributed by atoms with Crippen LogP contribution in [0.1, 0.15) is 12.0 Å². The zero-order valence-electron chi connectivity index (χ0n) is 27.7. The van der Waals surface area contributed by atoms with Gasteiger partial charge in [-0.1, -0.05) is 109 Å². The largest absolute Gasteiger partial charge is 0.330 e. The molecule has 51 heavy (non-hydrogen) atoms. The van der Waals surface area contributed by atoms with Crippen LogP contribution in [0.5, 0.6) is 0 Å². The second kappa shape index (κ2) is 11.0. The van der Waals surface area contributed by atoms with E-state index in [0.717, 1.165) is 67.1 Å². The first-order chi connectivity index (χ1) is 25.3. The van der Waals surface area contributed by atoms with Gasteiger partial charge < -0.3 is 9.88 Å². The van der Waals surface area contributed by atoms with E-state index in [2.05, 4.69) is 154 Å². The van der Waals surface area contributed by atoms with E-state index in [1.165, 1.54) is 22.8 Å². The molecule has 0 spiro atoms. The molecule has 2 aliphatic carbocycles. The monoisotopic (exact) mass is 656 g/mol. The minimum absolute atomic E-state index is 0.242. The number of rotatable bonds is 4. The van der Waals surface area contributed by atoms with Gasteiger partial charge in [-0.25, -0.2) is 4.99 Å². The number of allylic oxidation sites excluding steroid dienone is 2. The molecule has 1 N–H and O–H groups in total. The van der Waals surface area contributed by atoms with Crippen molar-refractivity contribution in [3.05, 3.63) is 169 Å². The fourth-order valence-corrected chi connectivity index (χ4v) is 8.14. The predicted molar refractivity (Wildman–Crippen MR) is 209 cm³/mol. The Morgan fingerprint density at radius 2 is 1.41 bits per heavy atom. The Morgan fingerprint density at radius 3 is 2.29 bits per heavy atom. The number of nitrogens with one attached hydrogen (secondary N) is 1. The molecule has 8 aromatic rings. The summed E-state index contributed by atoms with van der Waals surface area (Å²) in [6, 6.07) is 47.1. The van der Waals surface area contributed by atoms with Crippen LogP contribution in [0.3, 0.4) is 0 Å². The summed E-state index contributed by atoms with van der Waals surface area (Å²) < 4.78 is 4.61. The molecule has 3 aromatic heterocycles. The van der Waals surface area contributed by atoms with Gasteiger partial charge in [-0.3, -0.25) is 9.55 Å². The lowest BCUT2D eigenvalue weighted by Gasteiger charge is -2.26. The van der Waals surface area contributed by atoms with Crippen molar-refractivity contribution in [3.63, 3.8) is 0 Å². The molecule has 242 valence electrons. The average Bonchev–Trinajstić information content (AvgIpc) is 3.80. The van der Waals surface area contributed by atoms with E-state index in [-0.39, 0.29) is 6.17 Å². The number of hydrogen-bond acceptors (Lipinski definition) is 4. The summed E-state index contributed by atoms with van der Waals surface area (Å²) in [6.45, 7) is 0. The van der Waals surface area contributed by atoms with Gasteiger partial charge in [0, 0.05) is 33.6 Å². The van der Waals surface area contributed by atoms with Crippen molar-refractivity contribution in [3.8, 4) is 16.8 Å². The van der Waals surface area contributed by atoms with Crippen LogP contribution in [0.2, 0.25) is 0 Å². The minimum Gasteiger partial charge on any atom is -0.330 e. The molecule has 0 saturated heterocycles. The van der Waals surface area contributed by atoms with Crippen molar-refractivity contribution in [2.45, 2.75) is 12.6 Å². The van der Waals surface area contributed by atoms with Gasteiger partial charge in [-0.05, 0) is 77.4 Å². The molecule has 3 atom stereocenters. The van der Waals surface area contributed by atoms with Crippen LogP contribution in [-0.4, -0.2) is 32.1 Å². The summed E-state index contributed by atoms with van der Waals surface area (Å²) in [5.74, 6) is 2.80. The molecule has 6 nitrogen and oxygen atoms in total. The molecular weight excluding hydrogens is 625 g/mol. The molecule has 1 aliphatic heterocycles. The summed E-state index contributed by atoms with van der Waals surface area (Å²) in [5.41, 5.74) is 11.0. The van der Waals surface area contributed by atoms with E-state index < -0.39 is 0 Å². The molecular formula is C45H32N6. The third-order valence-corrected chi connectivity index (χ3v) is 10.7. The summed E-state index contributed by atoms with van der Waals surface area (Å²) in [6.07, 6.45) is 9.89. The molecule has 0 bridgehead atoms. The van der Waals surface area contributed by atoms with Crippen molar-refractivity contribution in [2.24, 2.45) is 21.8 Å². The third kappa shape index (κ3) is 4.46.